The van der Waals surface area contributed by atoms with Crippen molar-refractivity contribution >= 4 is 0 Å². The fourth-order valence-electron chi connectivity index (χ4n) is 2.33. The van der Waals surface area contributed by atoms with E-state index in [-0.39, 0.29) is 0 Å². The van der Waals surface area contributed by atoms with Crippen LogP contribution in [0.2, 0.25) is 0 Å². The van der Waals surface area contributed by atoms with Crippen LogP contribution in [-0.4, -0.2) is 22.6 Å². The van der Waals surface area contributed by atoms with Gasteiger partial charge in [-0.25, -0.2) is 9.97 Å². The van der Waals surface area contributed by atoms with Crippen molar-refractivity contribution in [2.45, 2.75) is 59.9 Å². The van der Waals surface area contributed by atoms with Crippen LogP contribution in [0.25, 0.3) is 0 Å². The lowest BCUT2D eigenvalue weighted by atomic mass is 9.99. The fourth-order valence-corrected chi connectivity index (χ4v) is 2.33. The van der Waals surface area contributed by atoms with E-state index < -0.39 is 0 Å². The summed E-state index contributed by atoms with van der Waals surface area (Å²) in [5.41, 5.74) is 2.32. The first-order chi connectivity index (χ1) is 8.55. The average molecular weight is 249 g/mol. The zero-order valence-electron chi connectivity index (χ0n) is 12.5. The number of hydrogen-bond donors (Lipinski definition) is 1. The molecule has 3 heteroatoms. The van der Waals surface area contributed by atoms with Crippen molar-refractivity contribution in [2.75, 3.05) is 6.54 Å². The van der Waals surface area contributed by atoms with Gasteiger partial charge in [0.15, 0.2) is 0 Å². The van der Waals surface area contributed by atoms with E-state index in [1.807, 2.05) is 6.92 Å². The Labute approximate surface area is 111 Å². The van der Waals surface area contributed by atoms with Gasteiger partial charge in [-0.05, 0) is 38.3 Å². The number of aryl methyl sites for hydroxylation is 2. The number of nitrogens with one attached hydrogen (secondary N) is 1. The number of likely N-dealkylation sites (N-methyl/N-ethyl adjacent to an activating group) is 1. The van der Waals surface area contributed by atoms with Crippen LogP contribution in [0.15, 0.2) is 6.07 Å². The van der Waals surface area contributed by atoms with Crippen molar-refractivity contribution in [3.63, 3.8) is 0 Å². The molecule has 0 saturated heterocycles. The van der Waals surface area contributed by atoms with Crippen LogP contribution in [0.1, 0.15) is 51.3 Å². The number of aromatic nitrogens is 2. The number of nitrogens with zero attached hydrogens (tertiary/aromatic N) is 2. The van der Waals surface area contributed by atoms with E-state index in [0.29, 0.717) is 12.0 Å². The second kappa shape index (κ2) is 7.47. The highest BCUT2D eigenvalue weighted by molar-refractivity contribution is 5.12. The zero-order chi connectivity index (χ0) is 13.5. The predicted octanol–water partition coefficient (Wildman–Crippen LogP) is 2.91. The van der Waals surface area contributed by atoms with Gasteiger partial charge in [0.1, 0.15) is 5.82 Å². The van der Waals surface area contributed by atoms with E-state index in [0.717, 1.165) is 30.9 Å². The van der Waals surface area contributed by atoms with Gasteiger partial charge in [-0.15, -0.1) is 0 Å². The third-order valence-corrected chi connectivity index (χ3v) is 3.01. The third-order valence-electron chi connectivity index (χ3n) is 3.01. The molecule has 1 rings (SSSR count). The van der Waals surface area contributed by atoms with Gasteiger partial charge in [-0.3, -0.25) is 0 Å². The van der Waals surface area contributed by atoms with Crippen molar-refractivity contribution in [3.05, 3.63) is 23.3 Å². The highest BCUT2D eigenvalue weighted by Crippen LogP contribution is 2.11. The first kappa shape index (κ1) is 15.1. The monoisotopic (exact) mass is 249 g/mol. The van der Waals surface area contributed by atoms with Crippen LogP contribution in [-0.2, 0) is 12.8 Å². The lowest BCUT2D eigenvalue weighted by Gasteiger charge is -2.19. The van der Waals surface area contributed by atoms with Crippen LogP contribution in [0.4, 0.5) is 0 Å². The minimum Gasteiger partial charge on any atom is -0.314 e. The summed E-state index contributed by atoms with van der Waals surface area (Å²) in [5.74, 6) is 1.60. The maximum absolute atomic E-state index is 4.56. The Bertz CT molecular complexity index is 361. The Kier molecular flexibility index (Phi) is 6.27. The van der Waals surface area contributed by atoms with Crippen molar-refractivity contribution in [2.24, 2.45) is 5.92 Å². The maximum Gasteiger partial charge on any atom is 0.125 e. The summed E-state index contributed by atoms with van der Waals surface area (Å²) in [6.07, 6.45) is 3.17. The molecule has 18 heavy (non-hydrogen) atoms. The molecule has 0 aliphatic rings. The average Bonchev–Trinajstić information content (AvgIpc) is 2.27. The fraction of sp³-hybridized carbons (Fsp3) is 0.733. The molecule has 1 atom stereocenters. The van der Waals surface area contributed by atoms with Gasteiger partial charge in [0.25, 0.3) is 0 Å². The highest BCUT2D eigenvalue weighted by Gasteiger charge is 2.12. The van der Waals surface area contributed by atoms with Crippen LogP contribution in [0, 0.1) is 12.8 Å². The molecule has 1 heterocycles. The summed E-state index contributed by atoms with van der Waals surface area (Å²) in [4.78, 5) is 9.00. The molecule has 0 radical (unpaired) electrons. The summed E-state index contributed by atoms with van der Waals surface area (Å²) in [5, 5.41) is 3.56. The van der Waals surface area contributed by atoms with E-state index in [2.05, 4.69) is 49.0 Å². The molecule has 0 aliphatic heterocycles. The first-order valence-electron chi connectivity index (χ1n) is 7.11. The largest absolute Gasteiger partial charge is 0.314 e. The second-order valence-electron chi connectivity index (χ2n) is 5.34. The normalized spacial score (nSPS) is 13.0. The van der Waals surface area contributed by atoms with Gasteiger partial charge >= 0.3 is 0 Å². The molecular weight excluding hydrogens is 222 g/mol. The quantitative estimate of drug-likeness (QED) is 0.807. The molecule has 1 unspecified atom stereocenters. The second-order valence-corrected chi connectivity index (χ2v) is 5.34. The third kappa shape index (κ3) is 5.13. The van der Waals surface area contributed by atoms with E-state index in [1.54, 1.807) is 0 Å². The molecule has 0 aliphatic carbocycles. The summed E-state index contributed by atoms with van der Waals surface area (Å²) in [6.45, 7) is 11.8. The lowest BCUT2D eigenvalue weighted by Crippen LogP contribution is -2.32. The maximum atomic E-state index is 4.56. The smallest absolute Gasteiger partial charge is 0.125 e. The molecule has 1 aromatic heterocycles. The minimum absolute atomic E-state index is 0.522. The highest BCUT2D eigenvalue weighted by atomic mass is 14.9. The zero-order valence-corrected chi connectivity index (χ0v) is 12.5. The molecular formula is C15H27N3. The molecule has 1 N–H and O–H groups in total. The van der Waals surface area contributed by atoms with Gasteiger partial charge in [0.2, 0.25) is 0 Å². The Hall–Kier alpha value is -0.960. The molecule has 0 spiro atoms. The van der Waals surface area contributed by atoms with Gasteiger partial charge in [-0.1, -0.05) is 27.7 Å². The topological polar surface area (TPSA) is 37.8 Å². The molecule has 0 saturated carbocycles. The van der Waals surface area contributed by atoms with Crippen molar-refractivity contribution < 1.29 is 0 Å². The van der Waals surface area contributed by atoms with Crippen LogP contribution >= 0.6 is 0 Å². The van der Waals surface area contributed by atoms with Gasteiger partial charge in [0, 0.05) is 23.9 Å². The van der Waals surface area contributed by atoms with E-state index >= 15 is 0 Å². The van der Waals surface area contributed by atoms with Crippen LogP contribution < -0.4 is 5.32 Å². The number of rotatable bonds is 7. The Morgan fingerprint density at radius 1 is 1.17 bits per heavy atom. The Balaban J connectivity index is 2.75. The van der Waals surface area contributed by atoms with Gasteiger partial charge < -0.3 is 5.32 Å². The predicted molar refractivity (Wildman–Crippen MR) is 76.8 cm³/mol. The van der Waals surface area contributed by atoms with Gasteiger partial charge in [0.05, 0.1) is 0 Å². The molecule has 3 nitrogen and oxygen atoms in total. The van der Waals surface area contributed by atoms with Crippen molar-refractivity contribution in [1.82, 2.24) is 15.3 Å². The summed E-state index contributed by atoms with van der Waals surface area (Å²) in [6, 6.07) is 2.67. The standard InChI is InChI=1S/C15H27N3/c1-6-13-9-15(18-12(5)17-13)10-14(16-7-2)8-11(3)4/h9,11,14,16H,6-8,10H2,1-5H3. The van der Waals surface area contributed by atoms with E-state index in [4.69, 9.17) is 0 Å². The molecule has 0 bridgehead atoms. The molecule has 0 fully saturated rings. The summed E-state index contributed by atoms with van der Waals surface area (Å²) >= 11 is 0. The summed E-state index contributed by atoms with van der Waals surface area (Å²) < 4.78 is 0. The minimum atomic E-state index is 0.522. The van der Waals surface area contributed by atoms with Crippen LogP contribution in [0.5, 0.6) is 0 Å². The molecule has 0 aromatic carbocycles. The SMILES string of the molecule is CCNC(Cc1cc(CC)nc(C)n1)CC(C)C. The van der Waals surface area contributed by atoms with Crippen LogP contribution in [0.3, 0.4) is 0 Å². The first-order valence-corrected chi connectivity index (χ1v) is 7.11. The number of hydrogen-bond acceptors (Lipinski definition) is 3. The molecule has 102 valence electrons. The van der Waals surface area contributed by atoms with Crippen molar-refractivity contribution in [3.8, 4) is 0 Å². The summed E-state index contributed by atoms with van der Waals surface area (Å²) in [7, 11) is 0. The van der Waals surface area contributed by atoms with Gasteiger partial charge in [-0.2, -0.15) is 0 Å². The Morgan fingerprint density at radius 3 is 2.39 bits per heavy atom. The molecule has 1 aromatic rings. The van der Waals surface area contributed by atoms with Crippen molar-refractivity contribution in [1.29, 1.82) is 0 Å². The lowest BCUT2D eigenvalue weighted by molar-refractivity contribution is 0.420. The van der Waals surface area contributed by atoms with E-state index in [9.17, 15) is 0 Å². The molecule has 0 amide bonds. The van der Waals surface area contributed by atoms with E-state index in [1.165, 1.54) is 12.1 Å². The Morgan fingerprint density at radius 2 is 1.83 bits per heavy atom.